The van der Waals surface area contributed by atoms with E-state index in [2.05, 4.69) is 0 Å². The van der Waals surface area contributed by atoms with Crippen LogP contribution >= 0.6 is 0 Å². The van der Waals surface area contributed by atoms with Crippen molar-refractivity contribution in [3.63, 3.8) is 0 Å². The second-order valence-corrected chi connectivity index (χ2v) is 5.45. The van der Waals surface area contributed by atoms with Gasteiger partial charge in [0, 0.05) is 0 Å². The van der Waals surface area contributed by atoms with Crippen LogP contribution in [0.4, 0.5) is 8.78 Å². The first kappa shape index (κ1) is 16.3. The summed E-state index contributed by atoms with van der Waals surface area (Å²) < 4.78 is 27.2. The Labute approximate surface area is 129 Å². The molecular formula is C18H20F2O2. The van der Waals surface area contributed by atoms with Gasteiger partial charge in [-0.05, 0) is 60.1 Å². The van der Waals surface area contributed by atoms with Gasteiger partial charge in [0.1, 0.15) is 0 Å². The first-order valence-electron chi connectivity index (χ1n) is 7.44. The van der Waals surface area contributed by atoms with E-state index in [1.165, 1.54) is 24.3 Å². The molecule has 0 aliphatic carbocycles. The molecule has 2 aromatic carbocycles. The molecule has 0 radical (unpaired) electrons. The van der Waals surface area contributed by atoms with E-state index in [4.69, 9.17) is 0 Å². The molecule has 118 valence electrons. The molecule has 0 amide bonds. The molecule has 0 aliphatic heterocycles. The van der Waals surface area contributed by atoms with E-state index in [0.717, 1.165) is 24.0 Å². The lowest BCUT2D eigenvalue weighted by molar-refractivity contribution is 0.426. The van der Waals surface area contributed by atoms with Crippen molar-refractivity contribution in [2.24, 2.45) is 0 Å². The van der Waals surface area contributed by atoms with Crippen LogP contribution in [-0.2, 0) is 0 Å². The molecule has 2 N–H and O–H groups in total. The fourth-order valence-electron chi connectivity index (χ4n) is 3.01. The zero-order chi connectivity index (χ0) is 16.3. The molecule has 0 fully saturated rings. The molecule has 2 unspecified atom stereocenters. The monoisotopic (exact) mass is 306 g/mol. The van der Waals surface area contributed by atoms with Gasteiger partial charge in [-0.2, -0.15) is 0 Å². The Morgan fingerprint density at radius 1 is 0.773 bits per heavy atom. The minimum Gasteiger partial charge on any atom is -0.505 e. The third kappa shape index (κ3) is 3.21. The maximum Gasteiger partial charge on any atom is 0.165 e. The largest absolute Gasteiger partial charge is 0.505 e. The molecule has 0 aliphatic rings. The number of hydrogen-bond donors (Lipinski definition) is 2. The lowest BCUT2D eigenvalue weighted by Crippen LogP contribution is -2.11. The summed E-state index contributed by atoms with van der Waals surface area (Å²) >= 11 is 0. The van der Waals surface area contributed by atoms with Gasteiger partial charge in [-0.1, -0.05) is 26.0 Å². The minimum absolute atomic E-state index is 0.00374. The third-order valence-electron chi connectivity index (χ3n) is 4.17. The van der Waals surface area contributed by atoms with Crippen LogP contribution in [-0.4, -0.2) is 10.2 Å². The zero-order valence-corrected chi connectivity index (χ0v) is 12.7. The number of benzene rings is 2. The molecule has 22 heavy (non-hydrogen) atoms. The highest BCUT2D eigenvalue weighted by Gasteiger charge is 2.23. The van der Waals surface area contributed by atoms with E-state index in [0.29, 0.717) is 0 Å². The second-order valence-electron chi connectivity index (χ2n) is 5.45. The van der Waals surface area contributed by atoms with Gasteiger partial charge in [0.25, 0.3) is 0 Å². The number of rotatable bonds is 5. The fourth-order valence-corrected chi connectivity index (χ4v) is 3.01. The standard InChI is InChI=1S/C18H20F2O2/c1-3-13(11-5-7-17(21)15(19)9-11)14(4-2)12-6-8-18(22)16(20)10-12/h5-10,13-14,21-22H,3-4H2,1-2H3. The lowest BCUT2D eigenvalue weighted by atomic mass is 9.78. The molecule has 0 saturated carbocycles. The normalized spacial score (nSPS) is 13.8. The Hall–Kier alpha value is -2.10. The Morgan fingerprint density at radius 2 is 1.14 bits per heavy atom. The smallest absolute Gasteiger partial charge is 0.165 e. The minimum atomic E-state index is -0.650. The molecule has 2 nitrogen and oxygen atoms in total. The molecule has 0 heterocycles. The van der Waals surface area contributed by atoms with Crippen LogP contribution in [0.25, 0.3) is 0 Å². The van der Waals surface area contributed by atoms with Crippen LogP contribution in [0.15, 0.2) is 36.4 Å². The van der Waals surface area contributed by atoms with Gasteiger partial charge >= 0.3 is 0 Å². The SMILES string of the molecule is CCC(c1ccc(O)c(F)c1)C(CC)c1ccc(O)c(F)c1. The van der Waals surface area contributed by atoms with E-state index in [1.807, 2.05) is 13.8 Å². The summed E-state index contributed by atoms with van der Waals surface area (Å²) in [6.45, 7) is 3.99. The van der Waals surface area contributed by atoms with Crippen molar-refractivity contribution >= 4 is 0 Å². The molecule has 0 aromatic heterocycles. The van der Waals surface area contributed by atoms with Gasteiger partial charge < -0.3 is 10.2 Å². The first-order chi connectivity index (χ1) is 10.5. The Bertz CT molecular complexity index is 598. The lowest BCUT2D eigenvalue weighted by Gasteiger charge is -2.26. The highest BCUT2D eigenvalue weighted by Crippen LogP contribution is 2.39. The van der Waals surface area contributed by atoms with E-state index >= 15 is 0 Å². The van der Waals surface area contributed by atoms with Gasteiger partial charge in [-0.3, -0.25) is 0 Å². The summed E-state index contributed by atoms with van der Waals surface area (Å²) in [4.78, 5) is 0. The summed E-state index contributed by atoms with van der Waals surface area (Å²) in [7, 11) is 0. The van der Waals surface area contributed by atoms with E-state index in [-0.39, 0.29) is 23.3 Å². The van der Waals surface area contributed by atoms with Crippen LogP contribution in [0.2, 0.25) is 0 Å². The zero-order valence-electron chi connectivity index (χ0n) is 12.7. The molecule has 0 spiro atoms. The molecular weight excluding hydrogens is 286 g/mol. The van der Waals surface area contributed by atoms with Crippen molar-refractivity contribution in [1.29, 1.82) is 0 Å². The maximum atomic E-state index is 13.6. The topological polar surface area (TPSA) is 40.5 Å². The van der Waals surface area contributed by atoms with E-state index < -0.39 is 11.6 Å². The molecule has 2 atom stereocenters. The summed E-state index contributed by atoms with van der Waals surface area (Å²) in [5, 5.41) is 18.7. The van der Waals surface area contributed by atoms with Crippen LogP contribution < -0.4 is 0 Å². The van der Waals surface area contributed by atoms with E-state index in [9.17, 15) is 19.0 Å². The number of halogens is 2. The fraction of sp³-hybridized carbons (Fsp3) is 0.333. The summed E-state index contributed by atoms with van der Waals surface area (Å²) in [6.07, 6.45) is 1.51. The van der Waals surface area contributed by atoms with Crippen LogP contribution in [0.5, 0.6) is 11.5 Å². The number of hydrogen-bond acceptors (Lipinski definition) is 2. The van der Waals surface area contributed by atoms with Crippen LogP contribution in [0.3, 0.4) is 0 Å². The molecule has 0 bridgehead atoms. The number of phenols is 2. The Balaban J connectivity index is 2.41. The van der Waals surface area contributed by atoms with Gasteiger partial charge in [0.2, 0.25) is 0 Å². The van der Waals surface area contributed by atoms with Crippen LogP contribution in [0.1, 0.15) is 49.7 Å². The second kappa shape index (κ2) is 6.77. The highest BCUT2D eigenvalue weighted by molar-refractivity contribution is 5.35. The molecule has 4 heteroatoms. The number of aromatic hydroxyl groups is 2. The number of phenolic OH excluding ortho intramolecular Hbond substituents is 2. The van der Waals surface area contributed by atoms with E-state index in [1.54, 1.807) is 12.1 Å². The summed E-state index contributed by atoms with van der Waals surface area (Å²) in [6, 6.07) is 8.76. The van der Waals surface area contributed by atoms with Crippen molar-refractivity contribution in [3.8, 4) is 11.5 Å². The van der Waals surface area contributed by atoms with Gasteiger partial charge in [0.05, 0.1) is 0 Å². The molecule has 0 saturated heterocycles. The quantitative estimate of drug-likeness (QED) is 0.810. The van der Waals surface area contributed by atoms with Crippen molar-refractivity contribution in [2.75, 3.05) is 0 Å². The predicted octanol–water partition coefficient (Wildman–Crippen LogP) is 5.06. The van der Waals surface area contributed by atoms with Gasteiger partial charge in [-0.25, -0.2) is 8.78 Å². The molecule has 2 aromatic rings. The average Bonchev–Trinajstić information content (AvgIpc) is 2.50. The molecule has 2 rings (SSSR count). The summed E-state index contributed by atoms with van der Waals surface area (Å²) in [5.41, 5.74) is 1.55. The Kier molecular flexibility index (Phi) is 5.01. The summed E-state index contributed by atoms with van der Waals surface area (Å²) in [5.74, 6) is -2.04. The Morgan fingerprint density at radius 3 is 1.41 bits per heavy atom. The first-order valence-corrected chi connectivity index (χ1v) is 7.44. The van der Waals surface area contributed by atoms with Crippen molar-refractivity contribution in [1.82, 2.24) is 0 Å². The van der Waals surface area contributed by atoms with Gasteiger partial charge in [-0.15, -0.1) is 0 Å². The predicted molar refractivity (Wildman–Crippen MR) is 82.2 cm³/mol. The van der Waals surface area contributed by atoms with Crippen LogP contribution in [0, 0.1) is 11.6 Å². The third-order valence-corrected chi connectivity index (χ3v) is 4.17. The maximum absolute atomic E-state index is 13.6. The van der Waals surface area contributed by atoms with Gasteiger partial charge in [0.15, 0.2) is 23.1 Å². The highest BCUT2D eigenvalue weighted by atomic mass is 19.1. The van der Waals surface area contributed by atoms with Crippen molar-refractivity contribution < 1.29 is 19.0 Å². The average molecular weight is 306 g/mol. The van der Waals surface area contributed by atoms with Crippen molar-refractivity contribution in [2.45, 2.75) is 38.5 Å². The van der Waals surface area contributed by atoms with Crippen molar-refractivity contribution in [3.05, 3.63) is 59.2 Å².